The van der Waals surface area contributed by atoms with Crippen molar-refractivity contribution >= 4 is 23.4 Å². The zero-order chi connectivity index (χ0) is 16.1. The lowest BCUT2D eigenvalue weighted by molar-refractivity contribution is -0.113. The number of amides is 1. The molecule has 0 aliphatic rings. The highest BCUT2D eigenvalue weighted by molar-refractivity contribution is 7.99. The molecular formula is C15H17N3O3S. The Balaban J connectivity index is 2.00. The van der Waals surface area contributed by atoms with Crippen molar-refractivity contribution in [1.82, 2.24) is 9.97 Å². The lowest BCUT2D eigenvalue weighted by Gasteiger charge is -2.09. The molecular weight excluding hydrogens is 302 g/mol. The van der Waals surface area contributed by atoms with Crippen molar-refractivity contribution in [3.8, 4) is 5.75 Å². The first kappa shape index (κ1) is 16.1. The van der Waals surface area contributed by atoms with E-state index in [2.05, 4.69) is 15.3 Å². The van der Waals surface area contributed by atoms with Crippen molar-refractivity contribution in [3.63, 3.8) is 0 Å². The minimum atomic E-state index is -0.199. The second-order valence-corrected chi connectivity index (χ2v) is 5.58. The molecule has 1 aromatic heterocycles. The topological polar surface area (TPSA) is 84.1 Å². The number of anilines is 1. The zero-order valence-electron chi connectivity index (χ0n) is 12.6. The van der Waals surface area contributed by atoms with E-state index in [1.165, 1.54) is 11.8 Å². The number of H-pyrrole nitrogens is 1. The summed E-state index contributed by atoms with van der Waals surface area (Å²) in [6.45, 7) is 3.48. The van der Waals surface area contributed by atoms with E-state index in [1.807, 2.05) is 12.1 Å². The summed E-state index contributed by atoms with van der Waals surface area (Å²) in [7, 11) is 1.55. The average Bonchev–Trinajstić information content (AvgIpc) is 2.51. The highest BCUT2D eigenvalue weighted by Crippen LogP contribution is 2.23. The van der Waals surface area contributed by atoms with Gasteiger partial charge in [0.05, 0.1) is 18.6 Å². The number of ether oxygens (including phenoxy) is 1. The monoisotopic (exact) mass is 319 g/mol. The first-order valence-electron chi connectivity index (χ1n) is 6.64. The Bertz CT molecular complexity index is 743. The van der Waals surface area contributed by atoms with Crippen LogP contribution in [0.25, 0.3) is 0 Å². The molecule has 6 nitrogen and oxygen atoms in total. The standard InChI is InChI=1S/C15H17N3O3S/c1-9-10(2)16-15(18-14(9)20)22-8-13(19)17-11-6-4-5-7-12(11)21-3/h4-7H,8H2,1-3H3,(H,17,19)(H,16,18,20). The van der Waals surface area contributed by atoms with Gasteiger partial charge in [0, 0.05) is 11.3 Å². The van der Waals surface area contributed by atoms with E-state index in [0.29, 0.717) is 27.9 Å². The van der Waals surface area contributed by atoms with Gasteiger partial charge in [0.15, 0.2) is 5.16 Å². The lowest BCUT2D eigenvalue weighted by Crippen LogP contribution is -2.17. The van der Waals surface area contributed by atoms with Crippen LogP contribution in [-0.4, -0.2) is 28.7 Å². The fourth-order valence-corrected chi connectivity index (χ4v) is 2.46. The van der Waals surface area contributed by atoms with E-state index < -0.39 is 0 Å². The summed E-state index contributed by atoms with van der Waals surface area (Å²) in [6.07, 6.45) is 0. The quantitative estimate of drug-likeness (QED) is 0.651. The predicted octanol–water partition coefficient (Wildman–Crippen LogP) is 2.13. The second-order valence-electron chi connectivity index (χ2n) is 4.62. The van der Waals surface area contributed by atoms with Gasteiger partial charge >= 0.3 is 0 Å². The number of nitrogens with one attached hydrogen (secondary N) is 2. The van der Waals surface area contributed by atoms with E-state index in [4.69, 9.17) is 4.74 Å². The van der Waals surface area contributed by atoms with Crippen molar-refractivity contribution in [2.24, 2.45) is 0 Å². The number of nitrogens with zero attached hydrogens (tertiary/aromatic N) is 1. The molecule has 116 valence electrons. The van der Waals surface area contributed by atoms with Crippen LogP contribution >= 0.6 is 11.8 Å². The number of thioether (sulfide) groups is 1. The minimum Gasteiger partial charge on any atom is -0.495 e. The molecule has 7 heteroatoms. The number of benzene rings is 1. The number of hydrogen-bond donors (Lipinski definition) is 2. The van der Waals surface area contributed by atoms with Crippen LogP contribution in [0.4, 0.5) is 5.69 Å². The number of rotatable bonds is 5. The Hall–Kier alpha value is -2.28. The largest absolute Gasteiger partial charge is 0.495 e. The van der Waals surface area contributed by atoms with Crippen LogP contribution in [-0.2, 0) is 4.79 Å². The number of carbonyl (C=O) groups is 1. The first-order chi connectivity index (χ1) is 10.5. The van der Waals surface area contributed by atoms with Gasteiger partial charge in [-0.25, -0.2) is 4.98 Å². The van der Waals surface area contributed by atoms with Gasteiger partial charge < -0.3 is 15.0 Å². The molecule has 0 atom stereocenters. The number of aryl methyl sites for hydroxylation is 1. The molecule has 0 bridgehead atoms. The van der Waals surface area contributed by atoms with Crippen LogP contribution in [0.15, 0.2) is 34.2 Å². The SMILES string of the molecule is COc1ccccc1NC(=O)CSc1nc(C)c(C)c(=O)[nH]1. The molecule has 0 aliphatic carbocycles. The van der Waals surface area contributed by atoms with Crippen LogP contribution in [0.1, 0.15) is 11.3 Å². The van der Waals surface area contributed by atoms with Gasteiger partial charge in [0.2, 0.25) is 5.91 Å². The van der Waals surface area contributed by atoms with Crippen molar-refractivity contribution in [2.45, 2.75) is 19.0 Å². The molecule has 22 heavy (non-hydrogen) atoms. The van der Waals surface area contributed by atoms with Crippen molar-refractivity contribution in [2.75, 3.05) is 18.2 Å². The number of aromatic amines is 1. The van der Waals surface area contributed by atoms with Gasteiger partial charge in [0.25, 0.3) is 5.56 Å². The van der Waals surface area contributed by atoms with E-state index in [-0.39, 0.29) is 17.2 Å². The Kier molecular flexibility index (Phi) is 5.21. The summed E-state index contributed by atoms with van der Waals surface area (Å²) >= 11 is 1.18. The molecule has 2 N–H and O–H groups in total. The third kappa shape index (κ3) is 3.88. The summed E-state index contributed by atoms with van der Waals surface area (Å²) in [4.78, 5) is 30.5. The van der Waals surface area contributed by atoms with E-state index in [1.54, 1.807) is 33.1 Å². The van der Waals surface area contributed by atoms with Gasteiger partial charge in [-0.3, -0.25) is 9.59 Å². The molecule has 1 heterocycles. The van der Waals surface area contributed by atoms with Crippen LogP contribution in [0, 0.1) is 13.8 Å². The van der Waals surface area contributed by atoms with Crippen molar-refractivity contribution in [3.05, 3.63) is 45.9 Å². The molecule has 0 saturated carbocycles. The number of carbonyl (C=O) groups excluding carboxylic acids is 1. The minimum absolute atomic E-state index is 0.142. The Morgan fingerprint density at radius 1 is 1.36 bits per heavy atom. The summed E-state index contributed by atoms with van der Waals surface area (Å²) in [6, 6.07) is 7.17. The van der Waals surface area contributed by atoms with Crippen LogP contribution in [0.2, 0.25) is 0 Å². The molecule has 2 rings (SSSR count). The highest BCUT2D eigenvalue weighted by Gasteiger charge is 2.09. The maximum atomic E-state index is 12.0. The van der Waals surface area contributed by atoms with Crippen LogP contribution < -0.4 is 15.6 Å². The summed E-state index contributed by atoms with van der Waals surface area (Å²) in [5.41, 5.74) is 1.68. The van der Waals surface area contributed by atoms with E-state index in [0.717, 1.165) is 0 Å². The fourth-order valence-electron chi connectivity index (χ4n) is 1.76. The molecule has 0 spiro atoms. The zero-order valence-corrected chi connectivity index (χ0v) is 13.4. The summed E-state index contributed by atoms with van der Waals surface area (Å²) < 4.78 is 5.17. The lowest BCUT2D eigenvalue weighted by atomic mass is 10.3. The van der Waals surface area contributed by atoms with Crippen molar-refractivity contribution in [1.29, 1.82) is 0 Å². The molecule has 1 amide bonds. The highest BCUT2D eigenvalue weighted by atomic mass is 32.2. The van der Waals surface area contributed by atoms with Crippen LogP contribution in [0.3, 0.4) is 0 Å². The molecule has 0 aliphatic heterocycles. The normalized spacial score (nSPS) is 10.3. The maximum absolute atomic E-state index is 12.0. The molecule has 0 radical (unpaired) electrons. The molecule has 2 aromatic rings. The fraction of sp³-hybridized carbons (Fsp3) is 0.267. The number of aromatic nitrogens is 2. The molecule has 0 unspecified atom stereocenters. The van der Waals surface area contributed by atoms with E-state index in [9.17, 15) is 9.59 Å². The van der Waals surface area contributed by atoms with Crippen molar-refractivity contribution < 1.29 is 9.53 Å². The predicted molar refractivity (Wildman–Crippen MR) is 86.7 cm³/mol. The third-order valence-corrected chi connectivity index (χ3v) is 3.97. The number of hydrogen-bond acceptors (Lipinski definition) is 5. The Labute approximate surface area is 132 Å². The number of methoxy groups -OCH3 is 1. The van der Waals surface area contributed by atoms with Gasteiger partial charge in [0.1, 0.15) is 5.75 Å². The first-order valence-corrected chi connectivity index (χ1v) is 7.63. The van der Waals surface area contributed by atoms with Crippen LogP contribution in [0.5, 0.6) is 5.75 Å². The van der Waals surface area contributed by atoms with E-state index >= 15 is 0 Å². The summed E-state index contributed by atoms with van der Waals surface area (Å²) in [5, 5.41) is 3.20. The average molecular weight is 319 g/mol. The van der Waals surface area contributed by atoms with Gasteiger partial charge in [-0.1, -0.05) is 23.9 Å². The number of para-hydroxylation sites is 2. The molecule has 0 fully saturated rings. The summed E-state index contributed by atoms with van der Waals surface area (Å²) in [5.74, 6) is 0.540. The van der Waals surface area contributed by atoms with Gasteiger partial charge in [-0.2, -0.15) is 0 Å². The van der Waals surface area contributed by atoms with Gasteiger partial charge in [-0.15, -0.1) is 0 Å². The maximum Gasteiger partial charge on any atom is 0.254 e. The molecule has 0 saturated heterocycles. The third-order valence-electron chi connectivity index (χ3n) is 3.09. The Morgan fingerprint density at radius 3 is 2.77 bits per heavy atom. The Morgan fingerprint density at radius 2 is 2.09 bits per heavy atom. The second kappa shape index (κ2) is 7.13. The molecule has 1 aromatic carbocycles. The van der Waals surface area contributed by atoms with Gasteiger partial charge in [-0.05, 0) is 26.0 Å². The smallest absolute Gasteiger partial charge is 0.254 e.